The highest BCUT2D eigenvalue weighted by atomic mass is 79.9. The Morgan fingerprint density at radius 2 is 2.00 bits per heavy atom. The number of anilines is 2. The molecule has 0 spiro atoms. The molecule has 0 saturated heterocycles. The lowest BCUT2D eigenvalue weighted by Gasteiger charge is -2.24. The topological polar surface area (TPSA) is 58.1 Å². The molecule has 0 fully saturated rings. The zero-order valence-electron chi connectivity index (χ0n) is 11.7. The van der Waals surface area contributed by atoms with E-state index in [0.717, 1.165) is 23.9 Å². The average Bonchev–Trinajstić information content (AvgIpc) is 2.42. The Bertz CT molecular complexity index is 452. The van der Waals surface area contributed by atoms with Crippen LogP contribution in [0.25, 0.3) is 0 Å². The number of hydrogen-bond acceptors (Lipinski definition) is 5. The van der Waals surface area contributed by atoms with Gasteiger partial charge in [-0.25, -0.2) is 9.97 Å². The van der Waals surface area contributed by atoms with E-state index in [0.29, 0.717) is 11.5 Å². The predicted molar refractivity (Wildman–Crippen MR) is 84.5 cm³/mol. The Balaban J connectivity index is 3.32. The van der Waals surface area contributed by atoms with Gasteiger partial charge in [-0.15, -0.1) is 11.8 Å². The van der Waals surface area contributed by atoms with Gasteiger partial charge in [0.15, 0.2) is 5.82 Å². The number of hydrogen-bond donors (Lipinski definition) is 1. The number of aromatic nitrogens is 2. The number of nitrogens with one attached hydrogen (secondary N) is 1. The molecule has 0 aliphatic rings. The van der Waals surface area contributed by atoms with Crippen LogP contribution in [0.15, 0.2) is 5.03 Å². The van der Waals surface area contributed by atoms with Gasteiger partial charge in [-0.1, -0.05) is 15.9 Å². The first-order valence-electron chi connectivity index (χ1n) is 6.10. The van der Waals surface area contributed by atoms with E-state index >= 15 is 0 Å². The van der Waals surface area contributed by atoms with Crippen molar-refractivity contribution in [1.82, 2.24) is 9.97 Å². The second-order valence-corrected chi connectivity index (χ2v) is 5.19. The summed E-state index contributed by atoms with van der Waals surface area (Å²) in [6.07, 6.45) is 1.94. The van der Waals surface area contributed by atoms with Gasteiger partial charge >= 0.3 is 0 Å². The molecule has 1 aromatic rings. The number of carbonyl (C=O) groups excluding carboxylic acids is 1. The summed E-state index contributed by atoms with van der Waals surface area (Å²) in [4.78, 5) is 22.6. The standard InChI is InChI=1S/C12H19BrN4OS/c1-5-17(6-2)11-10(16-9(18)7-13)12(19-4)15-8(3)14-11/h5-7H2,1-4H3,(H,16,18). The minimum absolute atomic E-state index is 0.101. The molecule has 19 heavy (non-hydrogen) atoms. The molecule has 0 aromatic carbocycles. The van der Waals surface area contributed by atoms with E-state index in [9.17, 15) is 4.79 Å². The van der Waals surface area contributed by atoms with Gasteiger partial charge in [-0.05, 0) is 27.0 Å². The molecule has 0 radical (unpaired) electrons. The second-order valence-electron chi connectivity index (χ2n) is 3.83. The van der Waals surface area contributed by atoms with E-state index in [2.05, 4.69) is 50.0 Å². The Kier molecular flexibility index (Phi) is 6.57. The molecule has 0 bridgehead atoms. The fraction of sp³-hybridized carbons (Fsp3) is 0.583. The fourth-order valence-corrected chi connectivity index (χ4v) is 2.42. The van der Waals surface area contributed by atoms with Gasteiger partial charge in [0.05, 0.1) is 5.33 Å². The molecular formula is C12H19BrN4OS. The van der Waals surface area contributed by atoms with Crippen LogP contribution in [-0.4, -0.2) is 40.6 Å². The van der Waals surface area contributed by atoms with Gasteiger partial charge in [0.1, 0.15) is 16.5 Å². The summed E-state index contributed by atoms with van der Waals surface area (Å²) >= 11 is 4.66. The lowest BCUT2D eigenvalue weighted by molar-refractivity contribution is -0.113. The first-order valence-corrected chi connectivity index (χ1v) is 8.45. The number of halogens is 1. The molecular weight excluding hydrogens is 328 g/mol. The van der Waals surface area contributed by atoms with E-state index in [1.54, 1.807) is 0 Å². The van der Waals surface area contributed by atoms with Gasteiger partial charge in [0.25, 0.3) is 0 Å². The van der Waals surface area contributed by atoms with E-state index in [4.69, 9.17) is 0 Å². The Morgan fingerprint density at radius 1 is 1.37 bits per heavy atom. The number of nitrogens with zero attached hydrogens (tertiary/aromatic N) is 3. The van der Waals surface area contributed by atoms with Gasteiger partial charge in [-0.3, -0.25) is 4.79 Å². The van der Waals surface area contributed by atoms with Crippen LogP contribution in [0.4, 0.5) is 11.5 Å². The molecule has 1 heterocycles. The van der Waals surface area contributed by atoms with Crippen LogP contribution in [-0.2, 0) is 4.79 Å². The third kappa shape index (κ3) is 4.07. The van der Waals surface area contributed by atoms with Crippen LogP contribution in [0.2, 0.25) is 0 Å². The third-order valence-electron chi connectivity index (χ3n) is 2.61. The van der Waals surface area contributed by atoms with Crippen molar-refractivity contribution in [3.05, 3.63) is 5.82 Å². The van der Waals surface area contributed by atoms with Crippen molar-refractivity contribution in [2.24, 2.45) is 0 Å². The second kappa shape index (κ2) is 7.69. The van der Waals surface area contributed by atoms with Crippen LogP contribution < -0.4 is 10.2 Å². The molecule has 0 saturated carbocycles. The van der Waals surface area contributed by atoms with E-state index < -0.39 is 0 Å². The first-order chi connectivity index (χ1) is 9.07. The van der Waals surface area contributed by atoms with E-state index in [1.165, 1.54) is 11.8 Å². The number of amides is 1. The molecule has 1 rings (SSSR count). The highest BCUT2D eigenvalue weighted by molar-refractivity contribution is 9.09. The zero-order chi connectivity index (χ0) is 14.4. The fourth-order valence-electron chi connectivity index (χ4n) is 1.71. The minimum Gasteiger partial charge on any atom is -0.355 e. The summed E-state index contributed by atoms with van der Waals surface area (Å²) in [6, 6.07) is 0. The maximum Gasteiger partial charge on any atom is 0.235 e. The molecule has 0 aliphatic heterocycles. The smallest absolute Gasteiger partial charge is 0.235 e. The normalized spacial score (nSPS) is 10.4. The molecule has 1 amide bonds. The first kappa shape index (κ1) is 16.2. The quantitative estimate of drug-likeness (QED) is 0.487. The Morgan fingerprint density at radius 3 is 2.47 bits per heavy atom. The number of carbonyl (C=O) groups is 1. The average molecular weight is 347 g/mol. The van der Waals surface area contributed by atoms with Crippen LogP contribution in [0, 0.1) is 6.92 Å². The lowest BCUT2D eigenvalue weighted by atomic mass is 10.3. The van der Waals surface area contributed by atoms with Gasteiger partial charge in [0.2, 0.25) is 5.91 Å². The third-order valence-corrected chi connectivity index (χ3v) is 3.80. The summed E-state index contributed by atoms with van der Waals surface area (Å²) in [5.74, 6) is 1.40. The van der Waals surface area contributed by atoms with Crippen molar-refractivity contribution < 1.29 is 4.79 Å². The number of thioether (sulfide) groups is 1. The maximum absolute atomic E-state index is 11.6. The van der Waals surface area contributed by atoms with Crippen molar-refractivity contribution in [2.45, 2.75) is 25.8 Å². The summed E-state index contributed by atoms with van der Waals surface area (Å²) < 4.78 is 0. The monoisotopic (exact) mass is 346 g/mol. The van der Waals surface area contributed by atoms with Crippen molar-refractivity contribution >= 4 is 45.1 Å². The minimum atomic E-state index is -0.101. The lowest BCUT2D eigenvalue weighted by Crippen LogP contribution is -2.26. The molecule has 0 unspecified atom stereocenters. The predicted octanol–water partition coefficient (Wildman–Crippen LogP) is 2.69. The highest BCUT2D eigenvalue weighted by Gasteiger charge is 2.18. The maximum atomic E-state index is 11.6. The summed E-state index contributed by atoms with van der Waals surface area (Å²) in [5.41, 5.74) is 0.700. The number of rotatable bonds is 6. The largest absolute Gasteiger partial charge is 0.355 e. The van der Waals surface area contributed by atoms with Crippen molar-refractivity contribution in [3.63, 3.8) is 0 Å². The molecule has 0 atom stereocenters. The SMILES string of the molecule is CCN(CC)c1nc(C)nc(SC)c1NC(=O)CBr. The summed E-state index contributed by atoms with van der Waals surface area (Å²) in [7, 11) is 0. The summed E-state index contributed by atoms with van der Waals surface area (Å²) in [5, 5.41) is 3.93. The van der Waals surface area contributed by atoms with Crippen LogP contribution >= 0.6 is 27.7 Å². The molecule has 106 valence electrons. The Hall–Kier alpha value is -0.820. The van der Waals surface area contributed by atoms with Crippen molar-refractivity contribution in [2.75, 3.05) is 34.9 Å². The molecule has 5 nitrogen and oxygen atoms in total. The summed E-state index contributed by atoms with van der Waals surface area (Å²) in [6.45, 7) is 7.66. The van der Waals surface area contributed by atoms with Crippen molar-refractivity contribution in [3.8, 4) is 0 Å². The van der Waals surface area contributed by atoms with E-state index in [-0.39, 0.29) is 11.2 Å². The van der Waals surface area contributed by atoms with Gasteiger partial charge < -0.3 is 10.2 Å². The molecule has 1 N–H and O–H groups in total. The van der Waals surface area contributed by atoms with Gasteiger partial charge in [-0.2, -0.15) is 0 Å². The van der Waals surface area contributed by atoms with Crippen LogP contribution in [0.5, 0.6) is 0 Å². The zero-order valence-corrected chi connectivity index (χ0v) is 14.1. The van der Waals surface area contributed by atoms with Crippen LogP contribution in [0.1, 0.15) is 19.7 Å². The molecule has 7 heteroatoms. The number of aryl methyl sites for hydroxylation is 1. The van der Waals surface area contributed by atoms with E-state index in [1.807, 2.05) is 13.2 Å². The Labute approximate surface area is 126 Å². The highest BCUT2D eigenvalue weighted by Crippen LogP contribution is 2.32. The van der Waals surface area contributed by atoms with Crippen molar-refractivity contribution in [1.29, 1.82) is 0 Å². The van der Waals surface area contributed by atoms with Crippen LogP contribution in [0.3, 0.4) is 0 Å². The molecule has 0 aliphatic carbocycles. The number of alkyl halides is 1. The van der Waals surface area contributed by atoms with Gasteiger partial charge in [0, 0.05) is 13.1 Å². The molecule has 1 aromatic heterocycles.